The minimum atomic E-state index is -0.0948. The highest BCUT2D eigenvalue weighted by atomic mass is 32.1. The zero-order valence-electron chi connectivity index (χ0n) is 13.5. The molecular formula is C17H21NO4S. The van der Waals surface area contributed by atoms with Crippen molar-refractivity contribution in [1.82, 2.24) is 4.90 Å². The fourth-order valence-corrected chi connectivity index (χ4v) is 3.21. The molecule has 0 saturated heterocycles. The SMILES string of the molecule is COc1ccc(OC)c(CN(CCO)C(=O)c2sccc2C)c1. The molecule has 0 saturated carbocycles. The average Bonchev–Trinajstić information content (AvgIpc) is 2.99. The van der Waals surface area contributed by atoms with E-state index in [-0.39, 0.29) is 19.1 Å². The van der Waals surface area contributed by atoms with Crippen LogP contribution in [0.25, 0.3) is 0 Å². The van der Waals surface area contributed by atoms with Crippen LogP contribution in [0.4, 0.5) is 0 Å². The Balaban J connectivity index is 2.29. The van der Waals surface area contributed by atoms with Gasteiger partial charge < -0.3 is 19.5 Å². The van der Waals surface area contributed by atoms with E-state index in [1.807, 2.05) is 36.6 Å². The summed E-state index contributed by atoms with van der Waals surface area (Å²) in [4.78, 5) is 15.0. The highest BCUT2D eigenvalue weighted by Crippen LogP contribution is 2.26. The molecule has 1 heterocycles. The molecule has 6 heteroatoms. The third-order valence-corrected chi connectivity index (χ3v) is 4.57. The van der Waals surface area contributed by atoms with Crippen molar-refractivity contribution in [2.75, 3.05) is 27.4 Å². The number of hydrogen-bond acceptors (Lipinski definition) is 5. The van der Waals surface area contributed by atoms with E-state index in [0.717, 1.165) is 11.1 Å². The van der Waals surface area contributed by atoms with Crippen molar-refractivity contribution in [3.05, 3.63) is 45.6 Å². The molecule has 124 valence electrons. The number of thiophene rings is 1. The van der Waals surface area contributed by atoms with Crippen LogP contribution in [0.1, 0.15) is 20.8 Å². The van der Waals surface area contributed by atoms with Crippen LogP contribution >= 0.6 is 11.3 Å². The van der Waals surface area contributed by atoms with Gasteiger partial charge in [0, 0.05) is 18.7 Å². The summed E-state index contributed by atoms with van der Waals surface area (Å²) >= 11 is 1.41. The van der Waals surface area contributed by atoms with Gasteiger partial charge >= 0.3 is 0 Å². The van der Waals surface area contributed by atoms with Crippen LogP contribution < -0.4 is 9.47 Å². The van der Waals surface area contributed by atoms with Crippen LogP contribution in [0.15, 0.2) is 29.6 Å². The van der Waals surface area contributed by atoms with Gasteiger partial charge in [-0.2, -0.15) is 0 Å². The normalized spacial score (nSPS) is 10.4. The predicted octanol–water partition coefficient (Wildman–Crippen LogP) is 2.71. The number of nitrogens with zero attached hydrogens (tertiary/aromatic N) is 1. The molecule has 5 nitrogen and oxygen atoms in total. The van der Waals surface area contributed by atoms with Crippen molar-refractivity contribution in [2.45, 2.75) is 13.5 Å². The number of aliphatic hydroxyl groups is 1. The van der Waals surface area contributed by atoms with Gasteiger partial charge in [0.1, 0.15) is 11.5 Å². The number of amides is 1. The van der Waals surface area contributed by atoms with Crippen molar-refractivity contribution >= 4 is 17.2 Å². The van der Waals surface area contributed by atoms with Gasteiger partial charge in [0.15, 0.2) is 0 Å². The number of carbonyl (C=O) groups excluding carboxylic acids is 1. The molecule has 0 bridgehead atoms. The first-order valence-electron chi connectivity index (χ1n) is 7.25. The third kappa shape index (κ3) is 4.03. The lowest BCUT2D eigenvalue weighted by Gasteiger charge is -2.23. The van der Waals surface area contributed by atoms with E-state index in [2.05, 4.69) is 0 Å². The van der Waals surface area contributed by atoms with Crippen molar-refractivity contribution in [3.63, 3.8) is 0 Å². The van der Waals surface area contributed by atoms with Gasteiger partial charge in [-0.1, -0.05) is 0 Å². The monoisotopic (exact) mass is 335 g/mol. The van der Waals surface area contributed by atoms with E-state index in [4.69, 9.17) is 9.47 Å². The Morgan fingerprint density at radius 1 is 1.26 bits per heavy atom. The summed E-state index contributed by atoms with van der Waals surface area (Å²) in [5, 5.41) is 11.2. The molecular weight excluding hydrogens is 314 g/mol. The Morgan fingerprint density at radius 3 is 2.61 bits per heavy atom. The highest BCUT2D eigenvalue weighted by molar-refractivity contribution is 7.12. The molecule has 1 aromatic carbocycles. The highest BCUT2D eigenvalue weighted by Gasteiger charge is 2.20. The first-order chi connectivity index (χ1) is 11.1. The van der Waals surface area contributed by atoms with Crippen molar-refractivity contribution in [2.24, 2.45) is 0 Å². The number of benzene rings is 1. The second-order valence-corrected chi connectivity index (χ2v) is 5.98. The lowest BCUT2D eigenvalue weighted by Crippen LogP contribution is -2.33. The van der Waals surface area contributed by atoms with Gasteiger partial charge in [0.2, 0.25) is 0 Å². The minimum Gasteiger partial charge on any atom is -0.497 e. The van der Waals surface area contributed by atoms with Crippen LogP contribution in [0.2, 0.25) is 0 Å². The quantitative estimate of drug-likeness (QED) is 0.845. The zero-order chi connectivity index (χ0) is 16.8. The average molecular weight is 335 g/mol. The molecule has 23 heavy (non-hydrogen) atoms. The maximum Gasteiger partial charge on any atom is 0.264 e. The summed E-state index contributed by atoms with van der Waals surface area (Å²) < 4.78 is 10.6. The fourth-order valence-electron chi connectivity index (χ4n) is 2.32. The van der Waals surface area contributed by atoms with E-state index >= 15 is 0 Å². The van der Waals surface area contributed by atoms with Crippen molar-refractivity contribution in [1.29, 1.82) is 0 Å². The van der Waals surface area contributed by atoms with E-state index in [1.165, 1.54) is 11.3 Å². The molecule has 2 rings (SSSR count). The summed E-state index contributed by atoms with van der Waals surface area (Å²) in [7, 11) is 3.18. The van der Waals surface area contributed by atoms with Crippen LogP contribution in [0, 0.1) is 6.92 Å². The topological polar surface area (TPSA) is 59.0 Å². The summed E-state index contributed by atoms with van der Waals surface area (Å²) in [5.74, 6) is 1.30. The minimum absolute atomic E-state index is 0.0866. The molecule has 0 aliphatic carbocycles. The Labute approximate surface area is 140 Å². The second-order valence-electron chi connectivity index (χ2n) is 5.06. The number of hydrogen-bond donors (Lipinski definition) is 1. The molecule has 2 aromatic rings. The smallest absolute Gasteiger partial charge is 0.264 e. The third-order valence-electron chi connectivity index (χ3n) is 3.56. The van der Waals surface area contributed by atoms with Gasteiger partial charge in [-0.25, -0.2) is 0 Å². The first kappa shape index (κ1) is 17.3. The summed E-state index contributed by atoms with van der Waals surface area (Å²) in [6.45, 7) is 2.42. The van der Waals surface area contributed by atoms with Crippen LogP contribution in [0.3, 0.4) is 0 Å². The number of aliphatic hydroxyl groups excluding tert-OH is 1. The summed E-state index contributed by atoms with van der Waals surface area (Å²) in [6.07, 6.45) is 0. The zero-order valence-corrected chi connectivity index (χ0v) is 14.4. The molecule has 0 radical (unpaired) electrons. The van der Waals surface area contributed by atoms with Crippen LogP contribution in [-0.2, 0) is 6.54 Å². The number of carbonyl (C=O) groups is 1. The van der Waals surface area contributed by atoms with Crippen molar-refractivity contribution < 1.29 is 19.4 Å². The molecule has 0 fully saturated rings. The Morgan fingerprint density at radius 2 is 2.04 bits per heavy atom. The molecule has 0 aliphatic heterocycles. The number of methoxy groups -OCH3 is 2. The fraction of sp³-hybridized carbons (Fsp3) is 0.353. The van der Waals surface area contributed by atoms with Crippen LogP contribution in [-0.4, -0.2) is 43.3 Å². The van der Waals surface area contributed by atoms with Gasteiger partial charge in [-0.05, 0) is 42.1 Å². The van der Waals surface area contributed by atoms with Gasteiger partial charge in [-0.15, -0.1) is 11.3 Å². The number of rotatable bonds is 7. The first-order valence-corrected chi connectivity index (χ1v) is 8.13. The maximum atomic E-state index is 12.7. The van der Waals surface area contributed by atoms with E-state index < -0.39 is 0 Å². The standard InChI is InChI=1S/C17H21NO4S/c1-12-6-9-23-16(12)17(20)18(7-8-19)11-13-10-14(21-2)4-5-15(13)22-3/h4-6,9-10,19H,7-8,11H2,1-3H3. The lowest BCUT2D eigenvalue weighted by molar-refractivity contribution is 0.0710. The molecule has 1 aromatic heterocycles. The molecule has 1 N–H and O–H groups in total. The number of ether oxygens (including phenoxy) is 2. The molecule has 0 spiro atoms. The number of aryl methyl sites for hydroxylation is 1. The maximum absolute atomic E-state index is 12.7. The molecule has 1 amide bonds. The second kappa shape index (κ2) is 7.99. The van der Waals surface area contributed by atoms with Gasteiger partial charge in [-0.3, -0.25) is 4.79 Å². The Kier molecular flexibility index (Phi) is 6.01. The Bertz CT molecular complexity index is 668. The summed E-state index contributed by atoms with van der Waals surface area (Å²) in [5.41, 5.74) is 1.78. The van der Waals surface area contributed by atoms with E-state index in [1.54, 1.807) is 19.1 Å². The van der Waals surface area contributed by atoms with Crippen LogP contribution in [0.5, 0.6) is 11.5 Å². The van der Waals surface area contributed by atoms with E-state index in [0.29, 0.717) is 22.9 Å². The van der Waals surface area contributed by atoms with Gasteiger partial charge in [0.25, 0.3) is 5.91 Å². The Hall–Kier alpha value is -2.05. The van der Waals surface area contributed by atoms with Crippen molar-refractivity contribution in [3.8, 4) is 11.5 Å². The summed E-state index contributed by atoms with van der Waals surface area (Å²) in [6, 6.07) is 7.38. The lowest BCUT2D eigenvalue weighted by atomic mass is 10.1. The largest absolute Gasteiger partial charge is 0.497 e. The van der Waals surface area contributed by atoms with E-state index in [9.17, 15) is 9.90 Å². The predicted molar refractivity (Wildman–Crippen MR) is 90.4 cm³/mol. The molecule has 0 unspecified atom stereocenters. The van der Waals surface area contributed by atoms with Gasteiger partial charge in [0.05, 0.1) is 25.7 Å². The molecule has 0 aliphatic rings. The molecule has 0 atom stereocenters.